The lowest BCUT2D eigenvalue weighted by Crippen LogP contribution is -2.36. The van der Waals surface area contributed by atoms with Crippen molar-refractivity contribution in [1.29, 1.82) is 0 Å². The molecule has 24 heavy (non-hydrogen) atoms. The Hall–Kier alpha value is -2.35. The van der Waals surface area contributed by atoms with Gasteiger partial charge in [0.15, 0.2) is 1.41 Å². The highest BCUT2D eigenvalue weighted by Crippen LogP contribution is 2.28. The van der Waals surface area contributed by atoms with Gasteiger partial charge in [0.25, 0.3) is 0 Å². The number of nitrogens with one attached hydrogen (secondary N) is 1. The van der Waals surface area contributed by atoms with Crippen molar-refractivity contribution < 1.29 is 29.0 Å². The summed E-state index contributed by atoms with van der Waals surface area (Å²) in [5, 5.41) is 0.260. The maximum atomic E-state index is 14.6. The quantitative estimate of drug-likeness (QED) is 0.889. The summed E-state index contributed by atoms with van der Waals surface area (Å²) in [6.07, 6.45) is -1.64. The minimum atomic E-state index is -2.94. The first-order valence-corrected chi connectivity index (χ1v) is 7.58. The molecule has 1 atom stereocenters. The van der Waals surface area contributed by atoms with Crippen LogP contribution in [0.1, 0.15) is 11.0 Å². The molecule has 8 heteroatoms. The summed E-state index contributed by atoms with van der Waals surface area (Å²) in [6.45, 7) is -1.20. The topological polar surface area (TPSA) is 71.1 Å². The van der Waals surface area contributed by atoms with E-state index in [2.05, 4.69) is 0 Å². The third-order valence-corrected chi connectivity index (χ3v) is 3.91. The molecular weight excluding hydrogens is 317 g/mol. The Labute approximate surface area is 145 Å². The predicted octanol–water partition coefficient (Wildman–Crippen LogP) is 1.12. The second-order valence-corrected chi connectivity index (χ2v) is 5.50. The number of benzene rings is 1. The molecule has 130 valence electrons. The molecule has 2 aliphatic heterocycles. The number of halogens is 1. The van der Waals surface area contributed by atoms with Gasteiger partial charge in [-0.25, -0.2) is 9.18 Å². The lowest BCUT2D eigenvalue weighted by Gasteiger charge is -2.29. The molecule has 0 radical (unpaired) electrons. The van der Waals surface area contributed by atoms with E-state index in [1.54, 1.807) is 12.1 Å². The zero-order chi connectivity index (χ0) is 20.5. The molecule has 1 N–H and O–H groups in total. The monoisotopic (exact) mass is 341 g/mol. The van der Waals surface area contributed by atoms with Crippen LogP contribution in [0.15, 0.2) is 18.2 Å². The van der Waals surface area contributed by atoms with Crippen LogP contribution in [-0.2, 0) is 14.3 Å². The zero-order valence-corrected chi connectivity index (χ0v) is 12.9. The summed E-state index contributed by atoms with van der Waals surface area (Å²) in [7, 11) is 0. The van der Waals surface area contributed by atoms with E-state index in [-0.39, 0.29) is 17.5 Å². The van der Waals surface area contributed by atoms with Gasteiger partial charge in [0.1, 0.15) is 11.9 Å². The number of cyclic esters (lactones) is 1. The van der Waals surface area contributed by atoms with E-state index in [1.807, 2.05) is 4.90 Å². The molecule has 1 aromatic carbocycles. The minimum Gasteiger partial charge on any atom is -0.442 e. The molecule has 1 aromatic rings. The summed E-state index contributed by atoms with van der Waals surface area (Å²) < 4.78 is 53.5. The van der Waals surface area contributed by atoms with Gasteiger partial charge in [-0.3, -0.25) is 9.69 Å². The van der Waals surface area contributed by atoms with E-state index in [0.717, 1.165) is 0 Å². The Kier molecular flexibility index (Phi) is 3.54. The van der Waals surface area contributed by atoms with Crippen LogP contribution in [0.4, 0.5) is 20.6 Å². The minimum absolute atomic E-state index is 0.0289. The van der Waals surface area contributed by atoms with E-state index in [1.165, 1.54) is 11.0 Å². The summed E-state index contributed by atoms with van der Waals surface area (Å²) in [5.74, 6) is -1.85. The number of hydrogen-bond donors (Lipinski definition) is 1. The molecule has 0 spiro atoms. The molecule has 3 rings (SSSR count). The standard InChI is InChI=1S/C16H20FN3O4/c1-11(21)18-9-13-10-20(16(22)24-13)12-2-3-15(14(17)8-12)19-4-6-23-7-5-19/h2-3,8,13H,4-7,9-10H2,1H3,(H,18,21)/t13-/m0/s1/i1D3/hD. The predicted molar refractivity (Wildman–Crippen MR) is 85.7 cm³/mol. The summed E-state index contributed by atoms with van der Waals surface area (Å²) in [5.41, 5.74) is 0.692. The molecule has 0 bridgehead atoms. The van der Waals surface area contributed by atoms with Crippen molar-refractivity contribution in [1.82, 2.24) is 5.31 Å². The van der Waals surface area contributed by atoms with Gasteiger partial charge in [0.2, 0.25) is 5.91 Å². The number of ether oxygens (including phenoxy) is 2. The Bertz CT molecular complexity index is 758. The van der Waals surface area contributed by atoms with Crippen molar-refractivity contribution in [3.63, 3.8) is 0 Å². The summed E-state index contributed by atoms with van der Waals surface area (Å²) in [6, 6.07) is 4.38. The third-order valence-electron chi connectivity index (χ3n) is 3.91. The first-order valence-electron chi connectivity index (χ1n) is 9.53. The second kappa shape index (κ2) is 7.04. The molecule has 2 saturated heterocycles. The number of carbonyl (C=O) groups is 2. The SMILES string of the molecule is [2H]N(C[C@H]1CN(c2ccc(N3CCOCC3)c(F)c2)C(=O)O1)C(=O)C([2H])([2H])[2H]. The summed E-state index contributed by atoms with van der Waals surface area (Å²) >= 11 is 0. The zero-order valence-electron chi connectivity index (χ0n) is 16.9. The van der Waals surface area contributed by atoms with Crippen LogP contribution in [0.2, 0.25) is 1.41 Å². The molecule has 2 fully saturated rings. The molecular formula is C16H20FN3O4. The maximum Gasteiger partial charge on any atom is 0.414 e. The average molecular weight is 341 g/mol. The van der Waals surface area contributed by atoms with Gasteiger partial charge in [-0.15, -0.1) is 0 Å². The average Bonchev–Trinajstić information content (AvgIpc) is 3.01. The van der Waals surface area contributed by atoms with Crippen LogP contribution in [0, 0.1) is 5.82 Å². The van der Waals surface area contributed by atoms with Crippen LogP contribution in [0.3, 0.4) is 0 Å². The van der Waals surface area contributed by atoms with Crippen molar-refractivity contribution in [3.05, 3.63) is 24.0 Å². The number of nitrogens with zero attached hydrogens (tertiary/aromatic N) is 2. The number of amides is 2. The normalized spacial score (nSPS) is 23.9. The number of morpholine rings is 1. The van der Waals surface area contributed by atoms with Gasteiger partial charge in [-0.1, -0.05) is 0 Å². The Morgan fingerprint density at radius 1 is 1.50 bits per heavy atom. The fourth-order valence-electron chi connectivity index (χ4n) is 2.74. The van der Waals surface area contributed by atoms with Crippen LogP contribution >= 0.6 is 0 Å². The van der Waals surface area contributed by atoms with Crippen LogP contribution < -0.4 is 15.1 Å². The van der Waals surface area contributed by atoms with E-state index in [0.29, 0.717) is 32.0 Å². The van der Waals surface area contributed by atoms with Crippen LogP contribution in [0.25, 0.3) is 0 Å². The van der Waals surface area contributed by atoms with Gasteiger partial charge in [-0.2, -0.15) is 0 Å². The largest absolute Gasteiger partial charge is 0.442 e. The highest BCUT2D eigenvalue weighted by Gasteiger charge is 2.32. The molecule has 2 aliphatic rings. The fourth-order valence-corrected chi connectivity index (χ4v) is 2.74. The van der Waals surface area contributed by atoms with Gasteiger partial charge in [0.05, 0.1) is 37.7 Å². The van der Waals surface area contributed by atoms with E-state index < -0.39 is 37.3 Å². The molecule has 0 saturated carbocycles. The molecule has 7 nitrogen and oxygen atoms in total. The lowest BCUT2D eigenvalue weighted by atomic mass is 10.2. The van der Waals surface area contributed by atoms with Crippen molar-refractivity contribution >= 4 is 23.4 Å². The van der Waals surface area contributed by atoms with E-state index in [9.17, 15) is 14.0 Å². The number of carbonyl (C=O) groups excluding carboxylic acids is 2. The Morgan fingerprint density at radius 2 is 2.29 bits per heavy atom. The van der Waals surface area contributed by atoms with Crippen LogP contribution in [-0.4, -0.2) is 57.5 Å². The Morgan fingerprint density at radius 3 is 3.00 bits per heavy atom. The second-order valence-electron chi connectivity index (χ2n) is 5.50. The number of anilines is 2. The molecule has 2 amide bonds. The maximum absolute atomic E-state index is 14.6. The molecule has 0 unspecified atom stereocenters. The highest BCUT2D eigenvalue weighted by molar-refractivity contribution is 5.90. The van der Waals surface area contributed by atoms with Crippen molar-refractivity contribution in [2.24, 2.45) is 0 Å². The summed E-state index contributed by atoms with van der Waals surface area (Å²) in [4.78, 5) is 26.7. The van der Waals surface area contributed by atoms with Crippen molar-refractivity contribution in [3.8, 4) is 0 Å². The fraction of sp³-hybridized carbons (Fsp3) is 0.500. The Balaban J connectivity index is 1.66. The van der Waals surface area contributed by atoms with Gasteiger partial charge < -0.3 is 19.7 Å². The first kappa shape index (κ1) is 12.1. The first-order chi connectivity index (χ1) is 13.2. The molecule has 2 heterocycles. The smallest absolute Gasteiger partial charge is 0.414 e. The molecule has 0 aromatic heterocycles. The van der Waals surface area contributed by atoms with E-state index >= 15 is 0 Å². The van der Waals surface area contributed by atoms with Gasteiger partial charge in [-0.05, 0) is 18.2 Å². The highest BCUT2D eigenvalue weighted by atomic mass is 19.1. The van der Waals surface area contributed by atoms with Crippen molar-refractivity contribution in [2.75, 3.05) is 49.2 Å². The van der Waals surface area contributed by atoms with Gasteiger partial charge in [0, 0.05) is 24.1 Å². The molecule has 0 aliphatic carbocycles. The van der Waals surface area contributed by atoms with Crippen molar-refractivity contribution in [2.45, 2.75) is 13.0 Å². The van der Waals surface area contributed by atoms with Crippen LogP contribution in [0.5, 0.6) is 0 Å². The lowest BCUT2D eigenvalue weighted by molar-refractivity contribution is -0.119. The van der Waals surface area contributed by atoms with E-state index in [4.69, 9.17) is 15.0 Å². The number of hydrogen-bond acceptors (Lipinski definition) is 5. The number of rotatable bonds is 4. The van der Waals surface area contributed by atoms with Gasteiger partial charge >= 0.3 is 6.09 Å². The third kappa shape index (κ3) is 3.59.